The van der Waals surface area contributed by atoms with E-state index in [1.165, 1.54) is 5.56 Å². The number of para-hydroxylation sites is 3. The molecule has 1 atom stereocenters. The van der Waals surface area contributed by atoms with Gasteiger partial charge in [0.05, 0.1) is 6.21 Å². The topological polar surface area (TPSA) is 64.8 Å². The van der Waals surface area contributed by atoms with Crippen LogP contribution < -0.4 is 14.9 Å². The molecule has 1 N–H and O–H groups in total. The summed E-state index contributed by atoms with van der Waals surface area (Å²) in [6, 6.07) is 25.9. The van der Waals surface area contributed by atoms with E-state index in [1.807, 2.05) is 48.5 Å². The first-order chi connectivity index (χ1) is 15.7. The number of carbonyl (C=O) groups excluding carboxylic acids is 1. The summed E-state index contributed by atoms with van der Waals surface area (Å²) >= 11 is 0. The second kappa shape index (κ2) is 8.59. The van der Waals surface area contributed by atoms with E-state index >= 15 is 0 Å². The molecule has 4 aromatic rings. The first-order valence-corrected chi connectivity index (χ1v) is 10.5. The van der Waals surface area contributed by atoms with Crippen LogP contribution in [0.1, 0.15) is 16.8 Å². The van der Waals surface area contributed by atoms with Gasteiger partial charge in [0.25, 0.3) is 5.91 Å². The zero-order valence-electron chi connectivity index (χ0n) is 17.7. The van der Waals surface area contributed by atoms with Gasteiger partial charge in [0.15, 0.2) is 11.5 Å². The van der Waals surface area contributed by atoms with E-state index in [4.69, 9.17) is 9.47 Å². The van der Waals surface area contributed by atoms with E-state index in [0.717, 1.165) is 28.7 Å². The van der Waals surface area contributed by atoms with Crippen molar-refractivity contribution >= 4 is 23.0 Å². The van der Waals surface area contributed by atoms with Gasteiger partial charge >= 0.3 is 0 Å². The zero-order chi connectivity index (χ0) is 21.9. The standard InChI is InChI=1S/C26H23N3O3/c1-18-21(15-27-28-26(30)25-17-31-23-13-7-8-14-24(23)32-25)20-11-5-6-12-22(20)29(18)16-19-9-3-2-4-10-19/h2-15,25H,16-17H2,1H3,(H,28,30). The number of hydrazone groups is 1. The van der Waals surface area contributed by atoms with Gasteiger partial charge < -0.3 is 14.0 Å². The van der Waals surface area contributed by atoms with Gasteiger partial charge in [-0.05, 0) is 30.7 Å². The molecule has 1 aliphatic heterocycles. The number of aromatic nitrogens is 1. The maximum absolute atomic E-state index is 12.6. The normalized spacial score (nSPS) is 15.2. The molecule has 32 heavy (non-hydrogen) atoms. The van der Waals surface area contributed by atoms with Crippen molar-refractivity contribution < 1.29 is 14.3 Å². The van der Waals surface area contributed by atoms with Crippen LogP contribution in [0.4, 0.5) is 0 Å². The molecule has 6 heteroatoms. The molecule has 0 saturated carbocycles. The van der Waals surface area contributed by atoms with Gasteiger partial charge in [0.1, 0.15) is 6.61 Å². The van der Waals surface area contributed by atoms with Crippen molar-refractivity contribution in [1.29, 1.82) is 0 Å². The Kier molecular flexibility index (Phi) is 5.34. The Morgan fingerprint density at radius 3 is 2.59 bits per heavy atom. The van der Waals surface area contributed by atoms with Gasteiger partial charge in [-0.15, -0.1) is 0 Å². The molecule has 1 aromatic heterocycles. The van der Waals surface area contributed by atoms with Crippen LogP contribution in [0, 0.1) is 6.92 Å². The Bertz CT molecular complexity index is 1290. The van der Waals surface area contributed by atoms with E-state index in [2.05, 4.69) is 46.3 Å². The maximum Gasteiger partial charge on any atom is 0.284 e. The highest BCUT2D eigenvalue weighted by Crippen LogP contribution is 2.31. The van der Waals surface area contributed by atoms with Crippen molar-refractivity contribution in [3.05, 3.63) is 95.7 Å². The molecule has 2 heterocycles. The average molecular weight is 425 g/mol. The molecule has 1 aliphatic rings. The quantitative estimate of drug-likeness (QED) is 0.383. The highest BCUT2D eigenvalue weighted by molar-refractivity contribution is 6.01. The van der Waals surface area contributed by atoms with E-state index in [0.29, 0.717) is 11.5 Å². The molecule has 1 unspecified atom stereocenters. The summed E-state index contributed by atoms with van der Waals surface area (Å²) < 4.78 is 13.6. The Morgan fingerprint density at radius 1 is 1.03 bits per heavy atom. The molecule has 0 aliphatic carbocycles. The van der Waals surface area contributed by atoms with Crippen LogP contribution in [0.15, 0.2) is 84.0 Å². The largest absolute Gasteiger partial charge is 0.485 e. The van der Waals surface area contributed by atoms with Gasteiger partial charge in [0.2, 0.25) is 6.10 Å². The van der Waals surface area contributed by atoms with Crippen LogP contribution in [0.25, 0.3) is 10.9 Å². The lowest BCUT2D eigenvalue weighted by atomic mass is 10.1. The number of nitrogens with zero attached hydrogens (tertiary/aromatic N) is 2. The molecule has 0 bridgehead atoms. The van der Waals surface area contributed by atoms with Gasteiger partial charge in [-0.3, -0.25) is 4.79 Å². The highest BCUT2D eigenvalue weighted by atomic mass is 16.6. The SMILES string of the molecule is Cc1c(C=NNC(=O)C2COc3ccccc3O2)c2ccccc2n1Cc1ccccc1. The summed E-state index contributed by atoms with van der Waals surface area (Å²) in [6.07, 6.45) is 0.955. The maximum atomic E-state index is 12.6. The lowest BCUT2D eigenvalue weighted by molar-refractivity contribution is -0.130. The van der Waals surface area contributed by atoms with Crippen molar-refractivity contribution in [2.24, 2.45) is 5.10 Å². The van der Waals surface area contributed by atoms with Gasteiger partial charge in [-0.2, -0.15) is 5.10 Å². The molecular weight excluding hydrogens is 402 g/mol. The minimum absolute atomic E-state index is 0.147. The molecule has 1 amide bonds. The van der Waals surface area contributed by atoms with E-state index in [9.17, 15) is 4.79 Å². The summed E-state index contributed by atoms with van der Waals surface area (Å²) in [4.78, 5) is 12.6. The Balaban J connectivity index is 1.35. The minimum Gasteiger partial charge on any atom is -0.485 e. The summed E-state index contributed by atoms with van der Waals surface area (Å²) in [5.41, 5.74) is 7.01. The summed E-state index contributed by atoms with van der Waals surface area (Å²) in [6.45, 7) is 2.98. The van der Waals surface area contributed by atoms with Crippen LogP contribution in [0.3, 0.4) is 0 Å². The number of ether oxygens (including phenoxy) is 2. The van der Waals surface area contributed by atoms with Crippen molar-refractivity contribution in [2.75, 3.05) is 6.61 Å². The van der Waals surface area contributed by atoms with Crippen molar-refractivity contribution in [1.82, 2.24) is 9.99 Å². The predicted octanol–water partition coefficient (Wildman–Crippen LogP) is 4.29. The Morgan fingerprint density at radius 2 is 1.75 bits per heavy atom. The average Bonchev–Trinajstić information content (AvgIpc) is 3.10. The number of carbonyl (C=O) groups is 1. The molecule has 0 saturated heterocycles. The molecule has 3 aromatic carbocycles. The summed E-state index contributed by atoms with van der Waals surface area (Å²) in [5, 5.41) is 5.32. The Labute approximate surface area is 186 Å². The first kappa shape index (κ1) is 19.9. The van der Waals surface area contributed by atoms with Gasteiger partial charge in [-0.1, -0.05) is 60.7 Å². The van der Waals surface area contributed by atoms with Crippen molar-refractivity contribution in [3.63, 3.8) is 0 Å². The van der Waals surface area contributed by atoms with E-state index in [-0.39, 0.29) is 12.5 Å². The lowest BCUT2D eigenvalue weighted by Gasteiger charge is -2.24. The van der Waals surface area contributed by atoms with Gasteiger partial charge in [0, 0.05) is 28.7 Å². The number of amides is 1. The number of nitrogens with one attached hydrogen (secondary N) is 1. The minimum atomic E-state index is -0.748. The smallest absolute Gasteiger partial charge is 0.284 e. The van der Waals surface area contributed by atoms with Crippen LogP contribution in [-0.2, 0) is 11.3 Å². The number of fused-ring (bicyclic) bond motifs is 2. The fourth-order valence-corrected chi connectivity index (χ4v) is 3.97. The van der Waals surface area contributed by atoms with Crippen LogP contribution in [-0.4, -0.2) is 29.4 Å². The number of rotatable bonds is 5. The Hall–Kier alpha value is -4.06. The third-order valence-electron chi connectivity index (χ3n) is 5.63. The predicted molar refractivity (Wildman–Crippen MR) is 124 cm³/mol. The summed E-state index contributed by atoms with van der Waals surface area (Å²) in [5.74, 6) is 0.853. The van der Waals surface area contributed by atoms with Crippen LogP contribution in [0.2, 0.25) is 0 Å². The second-order valence-electron chi connectivity index (χ2n) is 7.69. The van der Waals surface area contributed by atoms with Crippen LogP contribution in [0.5, 0.6) is 11.5 Å². The van der Waals surface area contributed by atoms with E-state index < -0.39 is 6.10 Å². The molecule has 0 spiro atoms. The van der Waals surface area contributed by atoms with Crippen LogP contribution >= 0.6 is 0 Å². The molecule has 0 fully saturated rings. The van der Waals surface area contributed by atoms with Crippen molar-refractivity contribution in [3.8, 4) is 11.5 Å². The van der Waals surface area contributed by atoms with Gasteiger partial charge in [-0.25, -0.2) is 5.43 Å². The molecular formula is C26H23N3O3. The molecule has 6 nitrogen and oxygen atoms in total. The highest BCUT2D eigenvalue weighted by Gasteiger charge is 2.27. The summed E-state index contributed by atoms with van der Waals surface area (Å²) in [7, 11) is 0. The fraction of sp³-hybridized carbons (Fsp3) is 0.154. The fourth-order valence-electron chi connectivity index (χ4n) is 3.97. The van der Waals surface area contributed by atoms with E-state index in [1.54, 1.807) is 12.3 Å². The lowest BCUT2D eigenvalue weighted by Crippen LogP contribution is -2.42. The number of hydrogen-bond acceptors (Lipinski definition) is 4. The second-order valence-corrected chi connectivity index (χ2v) is 7.69. The molecule has 5 rings (SSSR count). The molecule has 160 valence electrons. The zero-order valence-corrected chi connectivity index (χ0v) is 17.7. The van der Waals surface area contributed by atoms with Crippen molar-refractivity contribution in [2.45, 2.75) is 19.6 Å². The number of benzene rings is 3. The first-order valence-electron chi connectivity index (χ1n) is 10.5. The third-order valence-corrected chi connectivity index (χ3v) is 5.63. The number of hydrogen-bond donors (Lipinski definition) is 1. The monoisotopic (exact) mass is 425 g/mol. The molecule has 0 radical (unpaired) electrons. The third kappa shape index (κ3) is 3.83.